The van der Waals surface area contributed by atoms with Crippen molar-refractivity contribution in [3.8, 4) is 0 Å². The van der Waals surface area contributed by atoms with Crippen molar-refractivity contribution < 1.29 is 9.90 Å². The molecule has 1 aromatic heterocycles. The van der Waals surface area contributed by atoms with Crippen LogP contribution in [0, 0.1) is 0 Å². The van der Waals surface area contributed by atoms with Gasteiger partial charge in [0.1, 0.15) is 5.56 Å². The second kappa shape index (κ2) is 4.12. The lowest BCUT2D eigenvalue weighted by molar-refractivity contribution is 0.0694. The van der Waals surface area contributed by atoms with E-state index in [9.17, 15) is 9.59 Å². The first-order chi connectivity index (χ1) is 7.61. The van der Waals surface area contributed by atoms with Gasteiger partial charge in [0.2, 0.25) is 0 Å². The summed E-state index contributed by atoms with van der Waals surface area (Å²) in [6, 6.07) is 1.56. The van der Waals surface area contributed by atoms with Crippen molar-refractivity contribution in [3.05, 3.63) is 33.2 Å². The summed E-state index contributed by atoms with van der Waals surface area (Å²) < 4.78 is 1.50. The highest BCUT2D eigenvalue weighted by Crippen LogP contribution is 2.19. The Hall–Kier alpha value is -1.58. The predicted octanol–water partition coefficient (Wildman–Crippen LogP) is 1.35. The molecule has 0 aliphatic heterocycles. The maximum atomic E-state index is 11.8. The predicted molar refractivity (Wildman–Crippen MR) is 59.9 cm³/mol. The highest BCUT2D eigenvalue weighted by atomic mass is 16.4. The Morgan fingerprint density at radius 1 is 1.31 bits per heavy atom. The monoisotopic (exact) mass is 221 g/mol. The molecule has 2 rings (SSSR count). The van der Waals surface area contributed by atoms with Crippen LogP contribution in [0.5, 0.6) is 0 Å². The Kier molecular flexibility index (Phi) is 2.81. The van der Waals surface area contributed by atoms with Crippen LogP contribution in [-0.4, -0.2) is 15.6 Å². The lowest BCUT2D eigenvalue weighted by Gasteiger charge is -2.12. The summed E-state index contributed by atoms with van der Waals surface area (Å²) in [5, 5.41) is 8.95. The Balaban J connectivity index is 2.64. The normalized spacial score (nSPS) is 15.3. The molecule has 0 saturated carbocycles. The number of rotatable bonds is 1. The number of aromatic nitrogens is 1. The third-order valence-electron chi connectivity index (χ3n) is 3.22. The number of hydrogen-bond donors (Lipinski definition) is 1. The number of aromatic carboxylic acids is 1. The Morgan fingerprint density at radius 3 is 2.69 bits per heavy atom. The number of carboxylic acid groups (broad SMARTS) is 1. The summed E-state index contributed by atoms with van der Waals surface area (Å²) in [4.78, 5) is 22.7. The van der Waals surface area contributed by atoms with E-state index in [1.165, 1.54) is 4.57 Å². The number of nitrogens with zero attached hydrogens (tertiary/aromatic N) is 1. The van der Waals surface area contributed by atoms with Crippen LogP contribution in [0.2, 0.25) is 0 Å². The molecule has 0 bridgehead atoms. The zero-order valence-corrected chi connectivity index (χ0v) is 9.32. The Labute approximate surface area is 93.5 Å². The molecule has 1 aromatic rings. The fraction of sp³-hybridized carbons (Fsp3) is 0.500. The molecule has 1 heterocycles. The molecule has 0 saturated heterocycles. The molecule has 4 nitrogen and oxygen atoms in total. The lowest BCUT2D eigenvalue weighted by atomic mass is 10.1. The van der Waals surface area contributed by atoms with Gasteiger partial charge in [-0.15, -0.1) is 0 Å². The number of hydrogen-bond acceptors (Lipinski definition) is 2. The molecule has 0 radical (unpaired) electrons. The number of carboxylic acids is 1. The van der Waals surface area contributed by atoms with Crippen LogP contribution in [0.15, 0.2) is 10.9 Å². The molecule has 86 valence electrons. The topological polar surface area (TPSA) is 59.3 Å². The highest BCUT2D eigenvalue weighted by Gasteiger charge is 2.17. The average Bonchev–Trinajstić information content (AvgIpc) is 2.48. The van der Waals surface area contributed by atoms with E-state index in [1.807, 2.05) is 0 Å². The van der Waals surface area contributed by atoms with Gasteiger partial charge in [0.25, 0.3) is 5.56 Å². The van der Waals surface area contributed by atoms with Gasteiger partial charge in [-0.2, -0.15) is 0 Å². The molecule has 0 atom stereocenters. The zero-order valence-electron chi connectivity index (χ0n) is 9.32. The molecule has 0 amide bonds. The summed E-state index contributed by atoms with van der Waals surface area (Å²) in [5.41, 5.74) is 1.53. The van der Waals surface area contributed by atoms with Gasteiger partial charge < -0.3 is 9.67 Å². The summed E-state index contributed by atoms with van der Waals surface area (Å²) >= 11 is 0. The quantitative estimate of drug-likeness (QED) is 0.728. The molecular weight excluding hydrogens is 206 g/mol. The van der Waals surface area contributed by atoms with Gasteiger partial charge in [0.05, 0.1) is 0 Å². The molecule has 4 heteroatoms. The Morgan fingerprint density at radius 2 is 2.00 bits per heavy atom. The molecule has 16 heavy (non-hydrogen) atoms. The van der Waals surface area contributed by atoms with Crippen molar-refractivity contribution in [2.24, 2.45) is 7.05 Å². The minimum Gasteiger partial charge on any atom is -0.477 e. The molecule has 1 aliphatic rings. The molecule has 0 unspecified atom stereocenters. The second-order valence-electron chi connectivity index (χ2n) is 4.26. The van der Waals surface area contributed by atoms with Gasteiger partial charge in [-0.25, -0.2) is 4.79 Å². The van der Waals surface area contributed by atoms with Crippen LogP contribution in [0.25, 0.3) is 0 Å². The van der Waals surface area contributed by atoms with Gasteiger partial charge >= 0.3 is 5.97 Å². The minimum absolute atomic E-state index is 0.108. The van der Waals surface area contributed by atoms with Crippen molar-refractivity contribution in [2.75, 3.05) is 0 Å². The zero-order chi connectivity index (χ0) is 11.7. The van der Waals surface area contributed by atoms with Crippen LogP contribution < -0.4 is 5.56 Å². The summed E-state index contributed by atoms with van der Waals surface area (Å²) in [7, 11) is 1.67. The first-order valence-corrected chi connectivity index (χ1v) is 5.56. The molecular formula is C12H15NO3. The second-order valence-corrected chi connectivity index (χ2v) is 4.26. The van der Waals surface area contributed by atoms with Crippen molar-refractivity contribution >= 4 is 5.97 Å². The molecule has 1 aliphatic carbocycles. The standard InChI is InChI=1S/C12H15NO3/c1-13-10-6-4-2-3-5-8(10)7-9(11(13)14)12(15)16/h7H,2-6H2,1H3,(H,15,16). The fourth-order valence-electron chi connectivity index (χ4n) is 2.32. The van der Waals surface area contributed by atoms with Crippen molar-refractivity contribution in [2.45, 2.75) is 32.1 Å². The van der Waals surface area contributed by atoms with Crippen molar-refractivity contribution in [1.82, 2.24) is 4.57 Å². The van der Waals surface area contributed by atoms with E-state index in [-0.39, 0.29) is 5.56 Å². The van der Waals surface area contributed by atoms with Crippen LogP contribution >= 0.6 is 0 Å². The largest absolute Gasteiger partial charge is 0.477 e. The Bertz CT molecular complexity index is 488. The molecule has 1 N–H and O–H groups in total. The number of aryl methyl sites for hydroxylation is 1. The summed E-state index contributed by atoms with van der Waals surface area (Å²) in [6.45, 7) is 0. The lowest BCUT2D eigenvalue weighted by Crippen LogP contribution is -2.27. The van der Waals surface area contributed by atoms with Gasteiger partial charge in [-0.3, -0.25) is 4.79 Å². The smallest absolute Gasteiger partial charge is 0.341 e. The molecule has 0 aromatic carbocycles. The van der Waals surface area contributed by atoms with Crippen LogP contribution in [-0.2, 0) is 19.9 Å². The van der Waals surface area contributed by atoms with Gasteiger partial charge in [-0.1, -0.05) is 6.42 Å². The third kappa shape index (κ3) is 1.75. The summed E-state index contributed by atoms with van der Waals surface area (Å²) in [6.07, 6.45) is 5.05. The first kappa shape index (κ1) is 10.9. The van der Waals surface area contributed by atoms with E-state index >= 15 is 0 Å². The maximum Gasteiger partial charge on any atom is 0.341 e. The number of fused-ring (bicyclic) bond motifs is 1. The van der Waals surface area contributed by atoms with Gasteiger partial charge in [0.15, 0.2) is 0 Å². The van der Waals surface area contributed by atoms with Gasteiger partial charge in [0, 0.05) is 12.7 Å². The van der Waals surface area contributed by atoms with E-state index in [0.29, 0.717) is 0 Å². The van der Waals surface area contributed by atoms with Crippen LogP contribution in [0.4, 0.5) is 0 Å². The number of carbonyl (C=O) groups is 1. The van der Waals surface area contributed by atoms with Gasteiger partial charge in [-0.05, 0) is 37.3 Å². The van der Waals surface area contributed by atoms with E-state index in [1.54, 1.807) is 13.1 Å². The fourth-order valence-corrected chi connectivity index (χ4v) is 2.32. The van der Waals surface area contributed by atoms with E-state index in [0.717, 1.165) is 43.4 Å². The highest BCUT2D eigenvalue weighted by molar-refractivity contribution is 5.87. The maximum absolute atomic E-state index is 11.8. The molecule has 0 spiro atoms. The van der Waals surface area contributed by atoms with Crippen molar-refractivity contribution in [3.63, 3.8) is 0 Å². The van der Waals surface area contributed by atoms with E-state index in [2.05, 4.69) is 0 Å². The van der Waals surface area contributed by atoms with Crippen LogP contribution in [0.3, 0.4) is 0 Å². The van der Waals surface area contributed by atoms with Crippen LogP contribution in [0.1, 0.15) is 40.9 Å². The van der Waals surface area contributed by atoms with Crippen molar-refractivity contribution in [1.29, 1.82) is 0 Å². The number of pyridine rings is 1. The molecule has 0 fully saturated rings. The minimum atomic E-state index is -1.13. The average molecular weight is 221 g/mol. The first-order valence-electron chi connectivity index (χ1n) is 5.56. The third-order valence-corrected chi connectivity index (χ3v) is 3.22. The van der Waals surface area contributed by atoms with E-state index < -0.39 is 11.5 Å². The summed E-state index contributed by atoms with van der Waals surface area (Å²) in [5.74, 6) is -1.13. The SMILES string of the molecule is Cn1c2c(cc(C(=O)O)c1=O)CCCCC2. The van der Waals surface area contributed by atoms with E-state index in [4.69, 9.17) is 5.11 Å².